The van der Waals surface area contributed by atoms with Crippen LogP contribution in [-0.4, -0.2) is 11.2 Å². The standard InChI is InChI=1S/C15H14O2S/c1-11(18)12-4-6-13(7-5-12)15-9-8-14(17-15)3-2-10-16/h4-10H,2-3H2,1H3. The number of benzene rings is 1. The van der Waals surface area contributed by atoms with Crippen LogP contribution in [0.2, 0.25) is 0 Å². The van der Waals surface area contributed by atoms with Crippen molar-refractivity contribution < 1.29 is 9.21 Å². The van der Waals surface area contributed by atoms with Crippen LogP contribution in [0.15, 0.2) is 40.8 Å². The SMILES string of the molecule is CC(=S)c1ccc(-c2ccc(CCC=O)o2)cc1. The van der Waals surface area contributed by atoms with Gasteiger partial charge in [-0.2, -0.15) is 0 Å². The van der Waals surface area contributed by atoms with E-state index in [0.29, 0.717) is 12.8 Å². The largest absolute Gasteiger partial charge is 0.461 e. The number of carbonyl (C=O) groups excluding carboxylic acids is 1. The average molecular weight is 258 g/mol. The smallest absolute Gasteiger partial charge is 0.134 e. The van der Waals surface area contributed by atoms with E-state index in [0.717, 1.165) is 33.8 Å². The maximum absolute atomic E-state index is 10.3. The Morgan fingerprint density at radius 2 is 1.94 bits per heavy atom. The number of hydrogen-bond acceptors (Lipinski definition) is 3. The second-order valence-corrected chi connectivity index (χ2v) is 4.72. The summed E-state index contributed by atoms with van der Waals surface area (Å²) < 4.78 is 5.68. The quantitative estimate of drug-likeness (QED) is 0.464. The fourth-order valence-electron chi connectivity index (χ4n) is 1.74. The van der Waals surface area contributed by atoms with Crippen LogP contribution in [-0.2, 0) is 11.2 Å². The highest BCUT2D eigenvalue weighted by molar-refractivity contribution is 7.80. The highest BCUT2D eigenvalue weighted by Gasteiger charge is 2.05. The van der Waals surface area contributed by atoms with E-state index in [1.54, 1.807) is 0 Å². The molecule has 1 heterocycles. The molecule has 0 radical (unpaired) electrons. The first-order valence-electron chi connectivity index (χ1n) is 5.84. The summed E-state index contributed by atoms with van der Waals surface area (Å²) in [5, 5.41) is 0. The van der Waals surface area contributed by atoms with Crippen molar-refractivity contribution >= 4 is 23.4 Å². The lowest BCUT2D eigenvalue weighted by molar-refractivity contribution is -0.107. The van der Waals surface area contributed by atoms with Crippen LogP contribution >= 0.6 is 12.2 Å². The van der Waals surface area contributed by atoms with E-state index in [9.17, 15) is 4.79 Å². The maximum Gasteiger partial charge on any atom is 0.134 e. The summed E-state index contributed by atoms with van der Waals surface area (Å²) in [7, 11) is 0. The summed E-state index contributed by atoms with van der Waals surface area (Å²) in [5.74, 6) is 1.66. The first-order chi connectivity index (χ1) is 8.70. The highest BCUT2D eigenvalue weighted by Crippen LogP contribution is 2.23. The number of carbonyl (C=O) groups is 1. The van der Waals surface area contributed by atoms with Crippen LogP contribution in [0, 0.1) is 0 Å². The topological polar surface area (TPSA) is 30.2 Å². The van der Waals surface area contributed by atoms with E-state index < -0.39 is 0 Å². The predicted octanol–water partition coefficient (Wildman–Crippen LogP) is 3.82. The van der Waals surface area contributed by atoms with Gasteiger partial charge in [-0.05, 0) is 24.6 Å². The summed E-state index contributed by atoms with van der Waals surface area (Å²) in [6.07, 6.45) is 2.05. The molecule has 3 heteroatoms. The molecule has 2 nitrogen and oxygen atoms in total. The highest BCUT2D eigenvalue weighted by atomic mass is 32.1. The second-order valence-electron chi connectivity index (χ2n) is 4.10. The predicted molar refractivity (Wildman–Crippen MR) is 75.9 cm³/mol. The molecule has 0 saturated carbocycles. The van der Waals surface area contributed by atoms with Gasteiger partial charge < -0.3 is 9.21 Å². The maximum atomic E-state index is 10.3. The molecule has 0 saturated heterocycles. The first-order valence-corrected chi connectivity index (χ1v) is 6.25. The van der Waals surface area contributed by atoms with Crippen LogP contribution in [0.5, 0.6) is 0 Å². The van der Waals surface area contributed by atoms with E-state index in [2.05, 4.69) is 0 Å². The molecule has 2 aromatic rings. The van der Waals surface area contributed by atoms with Crippen LogP contribution in [0.4, 0.5) is 0 Å². The zero-order valence-corrected chi connectivity index (χ0v) is 11.0. The molecule has 18 heavy (non-hydrogen) atoms. The van der Waals surface area contributed by atoms with Gasteiger partial charge in [0.25, 0.3) is 0 Å². The van der Waals surface area contributed by atoms with Gasteiger partial charge in [-0.25, -0.2) is 0 Å². The minimum absolute atomic E-state index is 0.496. The van der Waals surface area contributed by atoms with Crippen LogP contribution in [0.25, 0.3) is 11.3 Å². The Morgan fingerprint density at radius 3 is 2.56 bits per heavy atom. The average Bonchev–Trinajstić information content (AvgIpc) is 2.85. The van der Waals surface area contributed by atoms with Gasteiger partial charge in [0.1, 0.15) is 17.8 Å². The molecule has 0 atom stereocenters. The normalized spacial score (nSPS) is 10.3. The molecule has 0 bridgehead atoms. The zero-order valence-electron chi connectivity index (χ0n) is 10.2. The Bertz CT molecular complexity index is 552. The van der Waals surface area contributed by atoms with Crippen molar-refractivity contribution in [2.24, 2.45) is 0 Å². The molecular weight excluding hydrogens is 244 g/mol. The molecule has 0 aliphatic carbocycles. The van der Waals surface area contributed by atoms with Gasteiger partial charge in [0.05, 0.1) is 0 Å². The first kappa shape index (κ1) is 12.7. The lowest BCUT2D eigenvalue weighted by Crippen LogP contribution is -1.88. The van der Waals surface area contributed by atoms with Crippen molar-refractivity contribution in [1.82, 2.24) is 0 Å². The second kappa shape index (κ2) is 5.74. The molecule has 0 spiro atoms. The van der Waals surface area contributed by atoms with Crippen LogP contribution in [0.3, 0.4) is 0 Å². The number of rotatable bonds is 5. The van der Waals surface area contributed by atoms with Crippen molar-refractivity contribution in [3.63, 3.8) is 0 Å². The van der Waals surface area contributed by atoms with Gasteiger partial charge in [0.15, 0.2) is 0 Å². The molecule has 0 aliphatic heterocycles. The minimum atomic E-state index is 0.496. The number of thiocarbonyl (C=S) groups is 1. The van der Waals surface area contributed by atoms with Crippen molar-refractivity contribution in [3.05, 3.63) is 47.7 Å². The number of hydrogen-bond donors (Lipinski definition) is 0. The Hall–Kier alpha value is -1.74. The van der Waals surface area contributed by atoms with Gasteiger partial charge in [-0.1, -0.05) is 36.5 Å². The number of aryl methyl sites for hydroxylation is 1. The lowest BCUT2D eigenvalue weighted by Gasteiger charge is -2.00. The van der Waals surface area contributed by atoms with Gasteiger partial charge in [0.2, 0.25) is 0 Å². The lowest BCUT2D eigenvalue weighted by atomic mass is 10.1. The zero-order chi connectivity index (χ0) is 13.0. The van der Waals surface area contributed by atoms with E-state index in [1.807, 2.05) is 43.3 Å². The molecule has 92 valence electrons. The Labute approximate surface area is 112 Å². The fourth-order valence-corrected chi connectivity index (χ4v) is 1.87. The summed E-state index contributed by atoms with van der Waals surface area (Å²) in [5.41, 5.74) is 2.08. The van der Waals surface area contributed by atoms with Crippen molar-refractivity contribution in [2.75, 3.05) is 0 Å². The molecule has 0 N–H and O–H groups in total. The van der Waals surface area contributed by atoms with Gasteiger partial charge in [0, 0.05) is 23.3 Å². The Balaban J connectivity index is 2.18. The van der Waals surface area contributed by atoms with Crippen molar-refractivity contribution in [1.29, 1.82) is 0 Å². The molecule has 0 fully saturated rings. The summed E-state index contributed by atoms with van der Waals surface area (Å²) in [4.78, 5) is 11.2. The monoisotopic (exact) mass is 258 g/mol. The molecule has 2 rings (SSSR count). The molecule has 0 unspecified atom stereocenters. The summed E-state index contributed by atoms with van der Waals surface area (Å²) >= 11 is 5.12. The van der Waals surface area contributed by atoms with Gasteiger partial charge in [-0.3, -0.25) is 0 Å². The Morgan fingerprint density at radius 1 is 1.22 bits per heavy atom. The van der Waals surface area contributed by atoms with Crippen molar-refractivity contribution in [2.45, 2.75) is 19.8 Å². The molecular formula is C15H14O2S. The van der Waals surface area contributed by atoms with E-state index >= 15 is 0 Å². The summed E-state index contributed by atoms with van der Waals surface area (Å²) in [6, 6.07) is 11.8. The fraction of sp³-hybridized carbons (Fsp3) is 0.200. The van der Waals surface area contributed by atoms with Gasteiger partial charge in [-0.15, -0.1) is 0 Å². The number of furan rings is 1. The van der Waals surface area contributed by atoms with E-state index in [1.165, 1.54) is 0 Å². The molecule has 1 aromatic carbocycles. The third-order valence-corrected chi connectivity index (χ3v) is 2.98. The van der Waals surface area contributed by atoms with Crippen LogP contribution < -0.4 is 0 Å². The van der Waals surface area contributed by atoms with E-state index in [-0.39, 0.29) is 0 Å². The summed E-state index contributed by atoms with van der Waals surface area (Å²) in [6.45, 7) is 1.91. The molecule has 0 amide bonds. The molecule has 1 aromatic heterocycles. The van der Waals surface area contributed by atoms with Gasteiger partial charge >= 0.3 is 0 Å². The van der Waals surface area contributed by atoms with E-state index in [4.69, 9.17) is 16.6 Å². The Kier molecular flexibility index (Phi) is 4.05. The van der Waals surface area contributed by atoms with Crippen LogP contribution in [0.1, 0.15) is 24.7 Å². The third kappa shape index (κ3) is 2.93. The minimum Gasteiger partial charge on any atom is -0.461 e. The third-order valence-electron chi connectivity index (χ3n) is 2.75. The molecule has 0 aliphatic rings. The van der Waals surface area contributed by atoms with Crippen molar-refractivity contribution in [3.8, 4) is 11.3 Å². The number of aldehydes is 1.